The Morgan fingerprint density at radius 3 is 1.88 bits per heavy atom. The van der Waals surface area contributed by atoms with Crippen molar-refractivity contribution >= 4 is 12.4 Å². The first-order valence-corrected chi connectivity index (χ1v) is 5.56. The summed E-state index contributed by atoms with van der Waals surface area (Å²) >= 11 is 0. The third-order valence-corrected chi connectivity index (χ3v) is 2.40. The molecule has 1 rings (SSSR count). The highest BCUT2D eigenvalue weighted by molar-refractivity contribution is 5.85. The van der Waals surface area contributed by atoms with Gasteiger partial charge >= 0.3 is 0 Å². The molecule has 1 aromatic carbocycles. The van der Waals surface area contributed by atoms with Crippen molar-refractivity contribution in [2.24, 2.45) is 11.7 Å². The SMILES string of the molecule is CC(C)Cc1ccc(CC(N)CO)cc1.Cl. The zero-order chi connectivity index (χ0) is 11.3. The van der Waals surface area contributed by atoms with E-state index in [4.69, 9.17) is 10.8 Å². The van der Waals surface area contributed by atoms with Gasteiger partial charge in [-0.05, 0) is 29.9 Å². The summed E-state index contributed by atoms with van der Waals surface area (Å²) < 4.78 is 0. The van der Waals surface area contributed by atoms with Crippen LogP contribution in [0, 0.1) is 5.92 Å². The number of hydrogen-bond donors (Lipinski definition) is 2. The van der Waals surface area contributed by atoms with Crippen LogP contribution in [0.4, 0.5) is 0 Å². The van der Waals surface area contributed by atoms with Crippen molar-refractivity contribution in [3.05, 3.63) is 35.4 Å². The van der Waals surface area contributed by atoms with E-state index in [1.54, 1.807) is 0 Å². The van der Waals surface area contributed by atoms with Gasteiger partial charge in [-0.3, -0.25) is 0 Å². The Hall–Kier alpha value is -0.570. The maximum Gasteiger partial charge on any atom is 0.0585 e. The molecule has 0 aliphatic rings. The maximum absolute atomic E-state index is 8.84. The normalized spacial score (nSPS) is 12.3. The second-order valence-electron chi connectivity index (χ2n) is 4.56. The molecule has 16 heavy (non-hydrogen) atoms. The molecule has 0 aliphatic carbocycles. The van der Waals surface area contributed by atoms with E-state index < -0.39 is 0 Å². The van der Waals surface area contributed by atoms with Gasteiger partial charge in [0.2, 0.25) is 0 Å². The van der Waals surface area contributed by atoms with E-state index in [0.29, 0.717) is 5.92 Å². The summed E-state index contributed by atoms with van der Waals surface area (Å²) in [6.45, 7) is 4.49. The fraction of sp³-hybridized carbons (Fsp3) is 0.538. The van der Waals surface area contributed by atoms with Gasteiger partial charge < -0.3 is 10.8 Å². The zero-order valence-electron chi connectivity index (χ0n) is 10.0. The summed E-state index contributed by atoms with van der Waals surface area (Å²) in [6.07, 6.45) is 1.87. The van der Waals surface area contributed by atoms with Crippen molar-refractivity contribution in [3.63, 3.8) is 0 Å². The minimum absolute atomic E-state index is 0. The van der Waals surface area contributed by atoms with E-state index in [2.05, 4.69) is 38.1 Å². The van der Waals surface area contributed by atoms with Crippen molar-refractivity contribution in [1.82, 2.24) is 0 Å². The van der Waals surface area contributed by atoms with Crippen LogP contribution in [-0.2, 0) is 12.8 Å². The van der Waals surface area contributed by atoms with Gasteiger partial charge in [0.25, 0.3) is 0 Å². The molecule has 1 unspecified atom stereocenters. The molecule has 0 aliphatic heterocycles. The summed E-state index contributed by atoms with van der Waals surface area (Å²) in [6, 6.07) is 8.38. The fourth-order valence-corrected chi connectivity index (χ4v) is 1.65. The Bertz CT molecular complexity index is 284. The van der Waals surface area contributed by atoms with Crippen LogP contribution >= 0.6 is 12.4 Å². The lowest BCUT2D eigenvalue weighted by Gasteiger charge is -2.09. The first-order valence-electron chi connectivity index (χ1n) is 5.56. The van der Waals surface area contributed by atoms with Crippen LogP contribution in [-0.4, -0.2) is 17.8 Å². The highest BCUT2D eigenvalue weighted by Gasteiger charge is 2.02. The topological polar surface area (TPSA) is 46.2 Å². The molecule has 0 bridgehead atoms. The maximum atomic E-state index is 8.84. The predicted molar refractivity (Wildman–Crippen MR) is 71.0 cm³/mol. The minimum Gasteiger partial charge on any atom is -0.395 e. The third kappa shape index (κ3) is 5.50. The summed E-state index contributed by atoms with van der Waals surface area (Å²) in [7, 11) is 0. The van der Waals surface area contributed by atoms with Crippen molar-refractivity contribution < 1.29 is 5.11 Å². The Kier molecular flexibility index (Phi) is 7.39. The predicted octanol–water partition coefficient (Wildman–Crippen LogP) is 2.17. The molecule has 0 spiro atoms. The molecule has 1 atom stereocenters. The third-order valence-electron chi connectivity index (χ3n) is 2.40. The highest BCUT2D eigenvalue weighted by Crippen LogP contribution is 2.10. The van der Waals surface area contributed by atoms with Gasteiger partial charge in [0.05, 0.1) is 6.61 Å². The van der Waals surface area contributed by atoms with Crippen molar-refractivity contribution in [1.29, 1.82) is 0 Å². The average molecular weight is 244 g/mol. The van der Waals surface area contributed by atoms with E-state index >= 15 is 0 Å². The van der Waals surface area contributed by atoms with Gasteiger partial charge in [0.1, 0.15) is 0 Å². The van der Waals surface area contributed by atoms with Crippen molar-refractivity contribution in [2.45, 2.75) is 32.7 Å². The molecule has 0 fully saturated rings. The largest absolute Gasteiger partial charge is 0.395 e. The van der Waals surface area contributed by atoms with Crippen molar-refractivity contribution in [3.8, 4) is 0 Å². The van der Waals surface area contributed by atoms with Crippen LogP contribution < -0.4 is 5.73 Å². The molecule has 0 amide bonds. The van der Waals surface area contributed by atoms with Gasteiger partial charge in [-0.1, -0.05) is 38.1 Å². The molecule has 0 saturated heterocycles. The van der Waals surface area contributed by atoms with Gasteiger partial charge in [-0.25, -0.2) is 0 Å². The Morgan fingerprint density at radius 1 is 1.06 bits per heavy atom. The van der Waals surface area contributed by atoms with Crippen LogP contribution in [0.3, 0.4) is 0 Å². The Balaban J connectivity index is 0.00000225. The summed E-state index contributed by atoms with van der Waals surface area (Å²) in [5.74, 6) is 0.690. The zero-order valence-corrected chi connectivity index (χ0v) is 10.8. The Labute approximate surface area is 104 Å². The number of halogens is 1. The molecule has 92 valence electrons. The van der Waals surface area contributed by atoms with Crippen molar-refractivity contribution in [2.75, 3.05) is 6.61 Å². The fourth-order valence-electron chi connectivity index (χ4n) is 1.65. The van der Waals surface area contributed by atoms with E-state index in [1.165, 1.54) is 11.1 Å². The van der Waals surface area contributed by atoms with E-state index in [0.717, 1.165) is 12.8 Å². The first-order chi connectivity index (χ1) is 7.11. The molecule has 0 aromatic heterocycles. The van der Waals surface area contributed by atoms with E-state index in [1.807, 2.05) is 0 Å². The minimum atomic E-state index is -0.138. The van der Waals surface area contributed by atoms with E-state index in [-0.39, 0.29) is 25.1 Å². The van der Waals surface area contributed by atoms with Crippen LogP contribution in [0.25, 0.3) is 0 Å². The number of nitrogens with two attached hydrogens (primary N) is 1. The number of benzene rings is 1. The number of rotatable bonds is 5. The molecular formula is C13H22ClNO. The molecule has 3 heteroatoms. The summed E-state index contributed by atoms with van der Waals surface area (Å²) in [4.78, 5) is 0. The molecule has 0 saturated carbocycles. The molecule has 2 nitrogen and oxygen atoms in total. The van der Waals surface area contributed by atoms with Crippen LogP contribution in [0.15, 0.2) is 24.3 Å². The molecule has 0 radical (unpaired) electrons. The van der Waals surface area contributed by atoms with Crippen LogP contribution in [0.2, 0.25) is 0 Å². The highest BCUT2D eigenvalue weighted by atomic mass is 35.5. The summed E-state index contributed by atoms with van der Waals surface area (Å²) in [5.41, 5.74) is 8.24. The van der Waals surface area contributed by atoms with Crippen LogP contribution in [0.5, 0.6) is 0 Å². The average Bonchev–Trinajstić information content (AvgIpc) is 2.20. The standard InChI is InChI=1S/C13H21NO.ClH/c1-10(2)7-11-3-5-12(6-4-11)8-13(14)9-15;/h3-6,10,13,15H,7-9,14H2,1-2H3;1H. The number of aliphatic hydroxyl groups excluding tert-OH is 1. The lowest BCUT2D eigenvalue weighted by Crippen LogP contribution is -2.26. The Morgan fingerprint density at radius 2 is 1.50 bits per heavy atom. The quantitative estimate of drug-likeness (QED) is 0.833. The second kappa shape index (κ2) is 7.66. The molecule has 1 aromatic rings. The summed E-state index contributed by atoms with van der Waals surface area (Å²) in [5, 5.41) is 8.84. The molecule has 0 heterocycles. The number of hydrogen-bond acceptors (Lipinski definition) is 2. The van der Waals surface area contributed by atoms with Gasteiger partial charge in [-0.2, -0.15) is 0 Å². The van der Waals surface area contributed by atoms with Crippen LogP contribution in [0.1, 0.15) is 25.0 Å². The lowest BCUT2D eigenvalue weighted by molar-refractivity contribution is 0.265. The lowest BCUT2D eigenvalue weighted by atomic mass is 10.00. The molecule has 3 N–H and O–H groups in total. The van der Waals surface area contributed by atoms with Gasteiger partial charge in [-0.15, -0.1) is 12.4 Å². The monoisotopic (exact) mass is 243 g/mol. The van der Waals surface area contributed by atoms with E-state index in [9.17, 15) is 0 Å². The smallest absolute Gasteiger partial charge is 0.0585 e. The molecular weight excluding hydrogens is 222 g/mol. The second-order valence-corrected chi connectivity index (χ2v) is 4.56. The van der Waals surface area contributed by atoms with Gasteiger partial charge in [0, 0.05) is 6.04 Å². The first kappa shape index (κ1) is 15.4. The van der Waals surface area contributed by atoms with Gasteiger partial charge in [0.15, 0.2) is 0 Å². The number of aliphatic hydroxyl groups is 1.